The van der Waals surface area contributed by atoms with Gasteiger partial charge in [0.2, 0.25) is 0 Å². The van der Waals surface area contributed by atoms with Gasteiger partial charge in [0.15, 0.2) is 0 Å². The molecular formula is C17H23N3O. The number of benzene rings is 1. The summed E-state index contributed by atoms with van der Waals surface area (Å²) in [6.07, 6.45) is 1.82. The Morgan fingerprint density at radius 1 is 1.29 bits per heavy atom. The van der Waals surface area contributed by atoms with Crippen molar-refractivity contribution >= 4 is 11.5 Å². The second-order valence-corrected chi connectivity index (χ2v) is 5.33. The van der Waals surface area contributed by atoms with E-state index >= 15 is 0 Å². The van der Waals surface area contributed by atoms with Crippen LogP contribution in [0.15, 0.2) is 42.6 Å². The van der Waals surface area contributed by atoms with Crippen molar-refractivity contribution in [3.8, 4) is 0 Å². The summed E-state index contributed by atoms with van der Waals surface area (Å²) in [5, 5.41) is 12.4. The lowest BCUT2D eigenvalue weighted by atomic mass is 10.1. The second kappa shape index (κ2) is 7.09. The third kappa shape index (κ3) is 4.20. The highest BCUT2D eigenvalue weighted by Crippen LogP contribution is 2.20. The SMILES string of the molecule is Cc1cccc(C(C)Nc2ccc(N(C)CCO)cn2)c1. The fourth-order valence-electron chi connectivity index (χ4n) is 2.22. The minimum absolute atomic E-state index is 0.140. The van der Waals surface area contributed by atoms with Gasteiger partial charge in [-0.3, -0.25) is 0 Å². The molecule has 0 saturated heterocycles. The zero-order valence-electron chi connectivity index (χ0n) is 12.9. The lowest BCUT2D eigenvalue weighted by molar-refractivity contribution is 0.304. The monoisotopic (exact) mass is 285 g/mol. The Kier molecular flexibility index (Phi) is 5.17. The number of nitrogens with zero attached hydrogens (tertiary/aromatic N) is 2. The van der Waals surface area contributed by atoms with Crippen molar-refractivity contribution in [2.24, 2.45) is 0 Å². The molecule has 112 valence electrons. The Morgan fingerprint density at radius 2 is 2.10 bits per heavy atom. The van der Waals surface area contributed by atoms with Gasteiger partial charge in [0.1, 0.15) is 5.82 Å². The highest BCUT2D eigenvalue weighted by molar-refractivity contribution is 5.49. The summed E-state index contributed by atoms with van der Waals surface area (Å²) < 4.78 is 0. The Hall–Kier alpha value is -2.07. The van der Waals surface area contributed by atoms with E-state index in [1.54, 1.807) is 0 Å². The summed E-state index contributed by atoms with van der Waals surface area (Å²) in [4.78, 5) is 6.41. The maximum absolute atomic E-state index is 8.95. The van der Waals surface area contributed by atoms with E-state index in [1.807, 2.05) is 30.3 Å². The van der Waals surface area contributed by atoms with E-state index in [4.69, 9.17) is 5.11 Å². The van der Waals surface area contributed by atoms with Crippen LogP contribution in [0.4, 0.5) is 11.5 Å². The van der Waals surface area contributed by atoms with Gasteiger partial charge in [-0.1, -0.05) is 29.8 Å². The lowest BCUT2D eigenvalue weighted by Gasteiger charge is -2.19. The molecule has 4 heteroatoms. The van der Waals surface area contributed by atoms with Crippen LogP contribution in [0.5, 0.6) is 0 Å². The number of anilines is 2. The number of rotatable bonds is 6. The molecule has 2 N–H and O–H groups in total. The largest absolute Gasteiger partial charge is 0.395 e. The number of aliphatic hydroxyl groups excluding tert-OH is 1. The maximum atomic E-state index is 8.95. The molecule has 21 heavy (non-hydrogen) atoms. The van der Waals surface area contributed by atoms with Crippen molar-refractivity contribution in [1.82, 2.24) is 4.98 Å². The molecule has 1 heterocycles. The molecule has 0 spiro atoms. The van der Waals surface area contributed by atoms with Crippen LogP contribution in [0.25, 0.3) is 0 Å². The highest BCUT2D eigenvalue weighted by Gasteiger charge is 2.07. The van der Waals surface area contributed by atoms with Crippen molar-refractivity contribution < 1.29 is 5.11 Å². The van der Waals surface area contributed by atoms with Gasteiger partial charge < -0.3 is 15.3 Å². The smallest absolute Gasteiger partial charge is 0.126 e. The van der Waals surface area contributed by atoms with Crippen molar-refractivity contribution in [2.45, 2.75) is 19.9 Å². The standard InChI is InChI=1S/C17H23N3O/c1-13-5-4-6-15(11-13)14(2)19-17-8-7-16(12-18-17)20(3)9-10-21/h4-8,11-12,14,21H,9-10H2,1-3H3,(H,18,19). The van der Waals surface area contributed by atoms with E-state index in [0.29, 0.717) is 6.54 Å². The van der Waals surface area contributed by atoms with Gasteiger partial charge in [0, 0.05) is 19.6 Å². The number of hydrogen-bond donors (Lipinski definition) is 2. The number of hydrogen-bond acceptors (Lipinski definition) is 4. The van der Waals surface area contributed by atoms with Gasteiger partial charge in [0.05, 0.1) is 18.5 Å². The third-order valence-electron chi connectivity index (χ3n) is 3.53. The molecule has 0 aliphatic carbocycles. The number of likely N-dealkylation sites (N-methyl/N-ethyl adjacent to an activating group) is 1. The molecule has 4 nitrogen and oxygen atoms in total. The molecule has 1 aromatic heterocycles. The predicted molar refractivity (Wildman–Crippen MR) is 87.8 cm³/mol. The summed E-state index contributed by atoms with van der Waals surface area (Å²) in [7, 11) is 1.94. The van der Waals surface area contributed by atoms with Crippen molar-refractivity contribution in [3.05, 3.63) is 53.7 Å². The normalized spacial score (nSPS) is 12.0. The van der Waals surface area contributed by atoms with Gasteiger partial charge in [-0.25, -0.2) is 4.98 Å². The van der Waals surface area contributed by atoms with E-state index in [0.717, 1.165) is 11.5 Å². The van der Waals surface area contributed by atoms with E-state index in [9.17, 15) is 0 Å². The van der Waals surface area contributed by atoms with Gasteiger partial charge >= 0.3 is 0 Å². The van der Waals surface area contributed by atoms with Crippen molar-refractivity contribution in [1.29, 1.82) is 0 Å². The van der Waals surface area contributed by atoms with E-state index < -0.39 is 0 Å². The van der Waals surface area contributed by atoms with E-state index in [1.165, 1.54) is 11.1 Å². The summed E-state index contributed by atoms with van der Waals surface area (Å²) >= 11 is 0. The van der Waals surface area contributed by atoms with Gasteiger partial charge in [-0.2, -0.15) is 0 Å². The number of aryl methyl sites for hydroxylation is 1. The first-order valence-electron chi connectivity index (χ1n) is 7.21. The Bertz CT molecular complexity index is 569. The van der Waals surface area contributed by atoms with Crippen LogP contribution < -0.4 is 10.2 Å². The molecule has 2 rings (SSSR count). The number of aromatic nitrogens is 1. The van der Waals surface area contributed by atoms with Gasteiger partial charge in [-0.15, -0.1) is 0 Å². The zero-order valence-corrected chi connectivity index (χ0v) is 12.9. The van der Waals surface area contributed by atoms with Crippen LogP contribution in [0.2, 0.25) is 0 Å². The Morgan fingerprint density at radius 3 is 2.71 bits per heavy atom. The molecule has 0 fully saturated rings. The van der Waals surface area contributed by atoms with Crippen LogP contribution in [0, 0.1) is 6.92 Å². The topological polar surface area (TPSA) is 48.4 Å². The van der Waals surface area contributed by atoms with Crippen LogP contribution in [-0.2, 0) is 0 Å². The first-order valence-corrected chi connectivity index (χ1v) is 7.21. The van der Waals surface area contributed by atoms with Crippen LogP contribution in [0.1, 0.15) is 24.1 Å². The summed E-state index contributed by atoms with van der Waals surface area (Å²) in [6.45, 7) is 4.97. The molecular weight excluding hydrogens is 262 g/mol. The summed E-state index contributed by atoms with van der Waals surface area (Å²) in [6, 6.07) is 12.7. The summed E-state index contributed by atoms with van der Waals surface area (Å²) in [5.41, 5.74) is 3.51. The number of nitrogens with one attached hydrogen (secondary N) is 1. The Balaban J connectivity index is 2.03. The van der Waals surface area contributed by atoms with E-state index in [2.05, 4.69) is 48.4 Å². The Labute approximate surface area is 126 Å². The molecule has 0 amide bonds. The van der Waals surface area contributed by atoms with E-state index in [-0.39, 0.29) is 12.6 Å². The average Bonchev–Trinajstić information content (AvgIpc) is 2.48. The maximum Gasteiger partial charge on any atom is 0.126 e. The first kappa shape index (κ1) is 15.3. The molecule has 0 saturated carbocycles. The number of aliphatic hydroxyl groups is 1. The second-order valence-electron chi connectivity index (χ2n) is 5.33. The minimum atomic E-state index is 0.140. The van der Waals surface area contributed by atoms with Crippen molar-refractivity contribution in [2.75, 3.05) is 30.4 Å². The molecule has 1 unspecified atom stereocenters. The molecule has 0 bridgehead atoms. The first-order chi connectivity index (χ1) is 10.1. The van der Waals surface area contributed by atoms with Crippen LogP contribution in [-0.4, -0.2) is 30.3 Å². The summed E-state index contributed by atoms with van der Waals surface area (Å²) in [5.74, 6) is 0.852. The molecule has 0 aliphatic heterocycles. The van der Waals surface area contributed by atoms with Crippen LogP contribution in [0.3, 0.4) is 0 Å². The van der Waals surface area contributed by atoms with Gasteiger partial charge in [-0.05, 0) is 31.5 Å². The van der Waals surface area contributed by atoms with Gasteiger partial charge in [0.25, 0.3) is 0 Å². The highest BCUT2D eigenvalue weighted by atomic mass is 16.3. The third-order valence-corrected chi connectivity index (χ3v) is 3.53. The molecule has 1 atom stereocenters. The molecule has 0 radical (unpaired) electrons. The zero-order chi connectivity index (χ0) is 15.2. The molecule has 1 aromatic carbocycles. The number of pyridine rings is 1. The quantitative estimate of drug-likeness (QED) is 0.856. The fourth-order valence-corrected chi connectivity index (χ4v) is 2.22. The average molecular weight is 285 g/mol. The minimum Gasteiger partial charge on any atom is -0.395 e. The molecule has 0 aliphatic rings. The van der Waals surface area contributed by atoms with Crippen LogP contribution >= 0.6 is 0 Å². The molecule has 2 aromatic rings. The van der Waals surface area contributed by atoms with Crippen molar-refractivity contribution in [3.63, 3.8) is 0 Å². The predicted octanol–water partition coefficient (Wildman–Crippen LogP) is 2.99. The fraction of sp³-hybridized carbons (Fsp3) is 0.353. The lowest BCUT2D eigenvalue weighted by Crippen LogP contribution is -2.21.